The van der Waals surface area contributed by atoms with E-state index in [1.54, 1.807) is 23.3 Å². The van der Waals surface area contributed by atoms with Gasteiger partial charge in [0.2, 0.25) is 0 Å². The molecule has 0 radical (unpaired) electrons. The fourth-order valence-corrected chi connectivity index (χ4v) is 2.42. The molecule has 0 aromatic heterocycles. The molecule has 1 aliphatic rings. The van der Waals surface area contributed by atoms with Crippen LogP contribution < -0.4 is 0 Å². The molecule has 0 heterocycles. The third-order valence-electron chi connectivity index (χ3n) is 3.39. The van der Waals surface area contributed by atoms with Crippen molar-refractivity contribution in [3.63, 3.8) is 0 Å². The van der Waals surface area contributed by atoms with Gasteiger partial charge in [0, 0.05) is 0 Å². The van der Waals surface area contributed by atoms with Crippen LogP contribution in [-0.4, -0.2) is 5.43 Å². The molecule has 0 bridgehead atoms. The first-order chi connectivity index (χ1) is 11.1. The average molecular weight is 467 g/mol. The molecule has 0 saturated heterocycles. The van der Waals surface area contributed by atoms with Crippen LogP contribution in [0.5, 0.6) is 0 Å². The normalized spacial score (nSPS) is 11.3. The van der Waals surface area contributed by atoms with E-state index < -0.39 is 0 Å². The molecular formula is C21H24Cl2SiZr. The summed E-state index contributed by atoms with van der Waals surface area (Å²) >= 11 is 1.74. The van der Waals surface area contributed by atoms with Crippen LogP contribution in [0.15, 0.2) is 72.3 Å². The Bertz CT molecular complexity index is 805. The monoisotopic (exact) mass is 464 g/mol. The van der Waals surface area contributed by atoms with Crippen molar-refractivity contribution in [2.45, 2.75) is 26.4 Å². The Balaban J connectivity index is 0.000000410. The largest absolute Gasteiger partial charge is 0.147 e. The minimum absolute atomic E-state index is 0. The average Bonchev–Trinajstić information content (AvgIpc) is 3.13. The van der Waals surface area contributed by atoms with Crippen molar-refractivity contribution in [3.8, 4) is 0 Å². The van der Waals surface area contributed by atoms with Crippen LogP contribution in [0.3, 0.4) is 0 Å². The van der Waals surface area contributed by atoms with Gasteiger partial charge in [0.05, 0.1) is 0 Å². The molecule has 0 aliphatic heterocycles. The molecule has 0 N–H and O–H groups in total. The maximum atomic E-state index is 3.12. The summed E-state index contributed by atoms with van der Waals surface area (Å²) in [6.45, 7) is 6.68. The fourth-order valence-electron chi connectivity index (χ4n) is 2.42. The van der Waals surface area contributed by atoms with Crippen molar-refractivity contribution < 1.29 is 23.3 Å². The van der Waals surface area contributed by atoms with E-state index >= 15 is 0 Å². The number of hydrogen-bond donors (Lipinski definition) is 0. The molecule has 0 saturated carbocycles. The number of rotatable bonds is 0. The number of benzene rings is 2. The first-order valence-corrected chi connectivity index (χ1v) is 14.1. The van der Waals surface area contributed by atoms with Crippen LogP contribution in [0.25, 0.3) is 21.5 Å². The van der Waals surface area contributed by atoms with Crippen LogP contribution in [0.4, 0.5) is 0 Å². The van der Waals surface area contributed by atoms with Crippen molar-refractivity contribution in [1.29, 1.82) is 0 Å². The Hall–Kier alpha value is -0.530. The molecule has 25 heavy (non-hydrogen) atoms. The predicted octanol–water partition coefficient (Wildman–Crippen LogP) is 7.04. The quantitative estimate of drug-likeness (QED) is 0.246. The topological polar surface area (TPSA) is 0 Å². The molecule has 4 rings (SSSR count). The minimum Gasteiger partial charge on any atom is -0.147 e. The molecule has 0 spiro atoms. The van der Waals surface area contributed by atoms with E-state index in [1.165, 1.54) is 27.1 Å². The molecular weight excluding hydrogens is 442 g/mol. The minimum atomic E-state index is 0. The Kier molecular flexibility index (Phi) is 12.5. The summed E-state index contributed by atoms with van der Waals surface area (Å²) in [5, 5.41) is 5.39. The van der Waals surface area contributed by atoms with Crippen LogP contribution in [0.2, 0.25) is 13.1 Å². The van der Waals surface area contributed by atoms with Crippen molar-refractivity contribution in [3.05, 3.63) is 78.4 Å². The first kappa shape index (κ1) is 24.5. The Morgan fingerprint density at radius 3 is 1.68 bits per heavy atom. The van der Waals surface area contributed by atoms with Gasteiger partial charge in [-0.2, -0.15) is 6.08 Å². The van der Waals surface area contributed by atoms with Crippen LogP contribution >= 0.6 is 24.8 Å². The summed E-state index contributed by atoms with van der Waals surface area (Å²) in [5.41, 5.74) is 1.48. The second-order valence-electron chi connectivity index (χ2n) is 5.79. The van der Waals surface area contributed by atoms with Crippen LogP contribution in [0, 0.1) is 6.08 Å². The third-order valence-corrected chi connectivity index (χ3v) is 3.39. The van der Waals surface area contributed by atoms with Crippen molar-refractivity contribution in [2.75, 3.05) is 0 Å². The van der Waals surface area contributed by atoms with Crippen molar-refractivity contribution in [2.24, 2.45) is 0 Å². The van der Waals surface area contributed by atoms with Gasteiger partial charge in [-0.05, 0) is 0 Å². The Labute approximate surface area is 179 Å². The second kappa shape index (κ2) is 12.8. The fraction of sp³-hybridized carbons (Fsp3) is 0.190. The zero-order chi connectivity index (χ0) is 16.7. The maximum absolute atomic E-state index is 3.12. The molecule has 0 unspecified atom stereocenters. The first-order valence-electron chi connectivity index (χ1n) is 7.87. The summed E-state index contributed by atoms with van der Waals surface area (Å²) in [6, 6.07) is 19.3. The summed E-state index contributed by atoms with van der Waals surface area (Å²) in [6.07, 6.45) is 8.33. The van der Waals surface area contributed by atoms with E-state index in [0.717, 1.165) is 6.42 Å². The van der Waals surface area contributed by atoms with Crippen molar-refractivity contribution in [1.82, 2.24) is 0 Å². The zero-order valence-electron chi connectivity index (χ0n) is 14.9. The van der Waals surface area contributed by atoms with Gasteiger partial charge in [-0.1, -0.05) is 43.3 Å². The van der Waals surface area contributed by atoms with Crippen LogP contribution in [-0.2, 0) is 23.3 Å². The smallest absolute Gasteiger partial charge is 0.0771 e. The summed E-state index contributed by atoms with van der Waals surface area (Å²) < 4.78 is 0. The van der Waals surface area contributed by atoms with E-state index in [9.17, 15) is 0 Å². The number of fused-ring (bicyclic) bond motifs is 3. The third kappa shape index (κ3) is 8.13. The maximum Gasteiger partial charge on any atom is -0.0771 e. The van der Waals surface area contributed by atoms with Gasteiger partial charge in [-0.15, -0.1) is 71.0 Å². The van der Waals surface area contributed by atoms with Gasteiger partial charge in [0.15, 0.2) is 0 Å². The molecule has 0 fully saturated rings. The molecule has 0 nitrogen and oxygen atoms in total. The summed E-state index contributed by atoms with van der Waals surface area (Å²) in [5.74, 6) is 0. The number of hydrogen-bond acceptors (Lipinski definition) is 0. The molecule has 4 heteroatoms. The number of halogens is 2. The molecule has 1 aliphatic carbocycles. The zero-order valence-corrected chi connectivity index (χ0v) is 20.0. The standard InChI is InChI=1S/C13H9.C6H7.C2H6Si.2ClH.Zr/c1-3-7-12-10(5-1)9-11-6-2-4-8-13(11)12;1-6-4-2-3-5-6;1-3-2;;;/h1-9H;2,4H,3H2,1H3;1-2H3;2*1H;/q2*-1;;;;+2. The van der Waals surface area contributed by atoms with E-state index in [4.69, 9.17) is 0 Å². The molecule has 3 aromatic rings. The second-order valence-corrected chi connectivity index (χ2v) is 15.2. The van der Waals surface area contributed by atoms with Crippen LogP contribution in [0.1, 0.15) is 13.3 Å². The number of allylic oxidation sites excluding steroid dienone is 4. The molecule has 0 atom stereocenters. The molecule has 3 aromatic carbocycles. The molecule has 130 valence electrons. The van der Waals surface area contributed by atoms with E-state index in [0.29, 0.717) is 0 Å². The van der Waals surface area contributed by atoms with Gasteiger partial charge >= 0.3 is 41.9 Å². The van der Waals surface area contributed by atoms with E-state index in [2.05, 4.69) is 92.8 Å². The van der Waals surface area contributed by atoms with Gasteiger partial charge in [0.25, 0.3) is 0 Å². The SMILES string of the molecule is CC1=[C-]CC=C1.C[Si](C)=[Zr+2].Cl.Cl.c1ccc2c(c1)[cH-]c1ccccc12. The van der Waals surface area contributed by atoms with Gasteiger partial charge < -0.3 is 0 Å². The van der Waals surface area contributed by atoms with Gasteiger partial charge in [-0.25, -0.2) is 11.6 Å². The Morgan fingerprint density at radius 2 is 1.36 bits per heavy atom. The summed E-state index contributed by atoms with van der Waals surface area (Å²) in [4.78, 5) is 0. The van der Waals surface area contributed by atoms with Gasteiger partial charge in [0.1, 0.15) is 0 Å². The van der Waals surface area contributed by atoms with E-state index in [1.807, 2.05) is 0 Å². The van der Waals surface area contributed by atoms with Gasteiger partial charge in [-0.3, -0.25) is 6.08 Å². The van der Waals surface area contributed by atoms with Crippen molar-refractivity contribution >= 4 is 51.8 Å². The van der Waals surface area contributed by atoms with E-state index in [-0.39, 0.29) is 30.2 Å². The Morgan fingerprint density at radius 1 is 0.920 bits per heavy atom. The predicted molar refractivity (Wildman–Crippen MR) is 115 cm³/mol. The molecule has 0 amide bonds. The summed E-state index contributed by atoms with van der Waals surface area (Å²) in [7, 11) is 0.